The average Bonchev–Trinajstić information content (AvgIpc) is 2.99. The summed E-state index contributed by atoms with van der Waals surface area (Å²) in [4.78, 5) is 25.2. The lowest BCUT2D eigenvalue weighted by atomic mass is 10.1. The van der Waals surface area contributed by atoms with E-state index in [2.05, 4.69) is 0 Å². The Morgan fingerprint density at radius 3 is 2.52 bits per heavy atom. The Bertz CT molecular complexity index is 751. The molecule has 1 aliphatic heterocycles. The zero-order valence-corrected chi connectivity index (χ0v) is 12.1. The summed E-state index contributed by atoms with van der Waals surface area (Å²) in [5, 5.41) is 9.53. The number of hydrogen-bond acceptors (Lipinski definition) is 2. The second kappa shape index (κ2) is 4.93. The minimum Gasteiger partial charge on any atom is -0.478 e. The number of aromatic carboxylic acids is 1. The summed E-state index contributed by atoms with van der Waals surface area (Å²) in [6, 6.07) is 6.59. The number of carbonyl (C=O) groups is 2. The Kier molecular flexibility index (Phi) is 3.22. The average molecular weight is 305 g/mol. The highest BCUT2D eigenvalue weighted by Crippen LogP contribution is 2.26. The quantitative estimate of drug-likeness (QED) is 0.927. The van der Waals surface area contributed by atoms with Gasteiger partial charge in [-0.1, -0.05) is 17.7 Å². The van der Waals surface area contributed by atoms with Crippen LogP contribution in [0.25, 0.3) is 0 Å². The zero-order valence-electron chi connectivity index (χ0n) is 11.3. The molecule has 0 saturated heterocycles. The van der Waals surface area contributed by atoms with Crippen LogP contribution in [-0.2, 0) is 20.1 Å². The van der Waals surface area contributed by atoms with Crippen molar-refractivity contribution in [1.82, 2.24) is 9.47 Å². The summed E-state index contributed by atoms with van der Waals surface area (Å²) in [7, 11) is 1.77. The number of amides is 1. The molecule has 2 heterocycles. The van der Waals surface area contributed by atoms with Gasteiger partial charge in [0.2, 0.25) is 0 Å². The van der Waals surface area contributed by atoms with Crippen molar-refractivity contribution in [2.75, 3.05) is 0 Å². The van der Waals surface area contributed by atoms with Crippen molar-refractivity contribution >= 4 is 23.5 Å². The molecule has 0 fully saturated rings. The van der Waals surface area contributed by atoms with Crippen LogP contribution in [0.2, 0.25) is 5.02 Å². The van der Waals surface area contributed by atoms with E-state index in [1.165, 1.54) is 0 Å². The van der Waals surface area contributed by atoms with Gasteiger partial charge in [0, 0.05) is 26.3 Å². The number of halogens is 1. The zero-order chi connectivity index (χ0) is 15.1. The molecule has 0 unspecified atom stereocenters. The first-order valence-corrected chi connectivity index (χ1v) is 6.80. The highest BCUT2D eigenvalue weighted by molar-refractivity contribution is 6.31. The van der Waals surface area contributed by atoms with Gasteiger partial charge in [0.15, 0.2) is 0 Å². The Morgan fingerprint density at radius 2 is 1.90 bits per heavy atom. The third-order valence-electron chi connectivity index (χ3n) is 3.65. The maximum absolute atomic E-state index is 12.5. The van der Waals surface area contributed by atoms with Crippen LogP contribution in [0.4, 0.5) is 0 Å². The molecule has 0 radical (unpaired) electrons. The van der Waals surface area contributed by atoms with Crippen molar-refractivity contribution in [1.29, 1.82) is 0 Å². The number of benzene rings is 1. The first kappa shape index (κ1) is 13.7. The lowest BCUT2D eigenvalue weighted by molar-refractivity contribution is 0.0696. The van der Waals surface area contributed by atoms with Crippen LogP contribution < -0.4 is 0 Å². The summed E-state index contributed by atoms with van der Waals surface area (Å²) >= 11 is 5.90. The van der Waals surface area contributed by atoms with Crippen molar-refractivity contribution in [3.05, 3.63) is 57.9 Å². The van der Waals surface area contributed by atoms with E-state index in [4.69, 9.17) is 16.7 Å². The molecule has 0 saturated carbocycles. The lowest BCUT2D eigenvalue weighted by Gasteiger charge is -2.15. The van der Waals surface area contributed by atoms with Gasteiger partial charge in [0.25, 0.3) is 5.91 Å². The van der Waals surface area contributed by atoms with E-state index in [0.29, 0.717) is 23.8 Å². The number of hydrogen-bond donors (Lipinski definition) is 1. The maximum Gasteiger partial charge on any atom is 0.335 e. The van der Waals surface area contributed by atoms with Crippen molar-refractivity contribution in [3.63, 3.8) is 0 Å². The van der Waals surface area contributed by atoms with Crippen LogP contribution in [0.5, 0.6) is 0 Å². The summed E-state index contributed by atoms with van der Waals surface area (Å²) in [5.41, 5.74) is 2.62. The third kappa shape index (κ3) is 2.40. The largest absolute Gasteiger partial charge is 0.478 e. The van der Waals surface area contributed by atoms with Gasteiger partial charge in [-0.25, -0.2) is 4.79 Å². The molecule has 108 valence electrons. The highest BCUT2D eigenvalue weighted by atomic mass is 35.5. The van der Waals surface area contributed by atoms with E-state index < -0.39 is 5.97 Å². The molecule has 1 N–H and O–H groups in total. The number of fused-ring (bicyclic) bond motifs is 1. The first-order valence-electron chi connectivity index (χ1n) is 6.42. The van der Waals surface area contributed by atoms with Crippen LogP contribution in [-0.4, -0.2) is 26.5 Å². The fourth-order valence-corrected chi connectivity index (χ4v) is 2.82. The Labute approximate surface area is 126 Å². The van der Waals surface area contributed by atoms with Crippen LogP contribution in [0.15, 0.2) is 30.5 Å². The van der Waals surface area contributed by atoms with E-state index >= 15 is 0 Å². The molecule has 5 nitrogen and oxygen atoms in total. The Hall–Kier alpha value is -2.27. The predicted molar refractivity (Wildman–Crippen MR) is 77.4 cm³/mol. The molecule has 1 aromatic carbocycles. The number of aryl methyl sites for hydroxylation is 1. The number of rotatable bonds is 2. The van der Waals surface area contributed by atoms with Gasteiger partial charge in [0.05, 0.1) is 10.6 Å². The molecule has 1 aliphatic rings. The SMILES string of the molecule is Cn1cc(Cl)cc1C(=O)N1Cc2ccc(C(=O)O)cc2C1. The topological polar surface area (TPSA) is 62.5 Å². The molecule has 1 aromatic heterocycles. The monoisotopic (exact) mass is 304 g/mol. The summed E-state index contributed by atoms with van der Waals surface area (Å²) in [6.07, 6.45) is 1.68. The molecule has 0 bridgehead atoms. The Balaban J connectivity index is 1.86. The number of carboxylic acid groups (broad SMARTS) is 1. The van der Waals surface area contributed by atoms with Crippen LogP contribution in [0, 0.1) is 0 Å². The molecule has 21 heavy (non-hydrogen) atoms. The number of aromatic nitrogens is 1. The van der Waals surface area contributed by atoms with Crippen molar-refractivity contribution in [3.8, 4) is 0 Å². The van der Waals surface area contributed by atoms with Gasteiger partial charge in [0.1, 0.15) is 5.69 Å². The van der Waals surface area contributed by atoms with Crippen molar-refractivity contribution < 1.29 is 14.7 Å². The van der Waals surface area contributed by atoms with E-state index in [9.17, 15) is 9.59 Å². The molecule has 0 aliphatic carbocycles. The fraction of sp³-hybridized carbons (Fsp3) is 0.200. The molecule has 0 spiro atoms. The van der Waals surface area contributed by atoms with E-state index in [1.54, 1.807) is 47.0 Å². The van der Waals surface area contributed by atoms with E-state index in [-0.39, 0.29) is 11.5 Å². The molecule has 1 amide bonds. The minimum atomic E-state index is -0.961. The third-order valence-corrected chi connectivity index (χ3v) is 3.86. The second-order valence-electron chi connectivity index (χ2n) is 5.10. The van der Waals surface area contributed by atoms with Gasteiger partial charge in [-0.3, -0.25) is 4.79 Å². The van der Waals surface area contributed by atoms with Gasteiger partial charge in [-0.15, -0.1) is 0 Å². The second-order valence-corrected chi connectivity index (χ2v) is 5.54. The van der Waals surface area contributed by atoms with Crippen molar-refractivity contribution in [2.24, 2.45) is 7.05 Å². The molecule has 3 rings (SSSR count). The summed E-state index contributed by atoms with van der Waals surface area (Å²) in [6.45, 7) is 0.898. The van der Waals surface area contributed by atoms with Gasteiger partial charge < -0.3 is 14.6 Å². The molecular formula is C15H13ClN2O3. The fourth-order valence-electron chi connectivity index (χ4n) is 2.57. The summed E-state index contributed by atoms with van der Waals surface area (Å²) in [5.74, 6) is -1.07. The van der Waals surface area contributed by atoms with Crippen LogP contribution in [0.1, 0.15) is 32.0 Å². The molecule has 0 atom stereocenters. The number of nitrogens with zero attached hydrogens (tertiary/aromatic N) is 2. The van der Waals surface area contributed by atoms with E-state index in [0.717, 1.165) is 11.1 Å². The highest BCUT2D eigenvalue weighted by Gasteiger charge is 2.26. The molecule has 2 aromatic rings. The van der Waals surface area contributed by atoms with Gasteiger partial charge in [-0.05, 0) is 29.3 Å². The minimum absolute atomic E-state index is 0.113. The lowest BCUT2D eigenvalue weighted by Crippen LogP contribution is -2.26. The first-order chi connectivity index (χ1) is 9.95. The Morgan fingerprint density at radius 1 is 1.19 bits per heavy atom. The van der Waals surface area contributed by atoms with E-state index in [1.807, 2.05) is 0 Å². The predicted octanol–water partition coefficient (Wildman–Crippen LogP) is 2.53. The number of carboxylic acids is 1. The smallest absolute Gasteiger partial charge is 0.335 e. The maximum atomic E-state index is 12.5. The van der Waals surface area contributed by atoms with Crippen LogP contribution >= 0.6 is 11.6 Å². The standard InChI is InChI=1S/C15H13ClN2O3/c1-17-8-12(16)5-13(17)14(19)18-6-10-3-2-9(15(20)21)4-11(10)7-18/h2-5,8H,6-7H2,1H3,(H,20,21). The molecular weight excluding hydrogens is 292 g/mol. The van der Waals surface area contributed by atoms with Gasteiger partial charge in [-0.2, -0.15) is 0 Å². The number of carbonyl (C=O) groups excluding carboxylic acids is 1. The normalized spacial score (nSPS) is 13.3. The van der Waals surface area contributed by atoms with Gasteiger partial charge >= 0.3 is 5.97 Å². The van der Waals surface area contributed by atoms with Crippen LogP contribution in [0.3, 0.4) is 0 Å². The molecule has 6 heteroatoms. The van der Waals surface area contributed by atoms with Crippen molar-refractivity contribution in [2.45, 2.75) is 13.1 Å². The summed E-state index contributed by atoms with van der Waals surface area (Å²) < 4.78 is 1.69.